The van der Waals surface area contributed by atoms with Gasteiger partial charge in [0.15, 0.2) is 0 Å². The molecule has 2 rings (SSSR count). The Labute approximate surface area is 74.6 Å². The van der Waals surface area contributed by atoms with Gasteiger partial charge < -0.3 is 5.73 Å². The highest BCUT2D eigenvalue weighted by Gasteiger charge is 2.11. The van der Waals surface area contributed by atoms with Gasteiger partial charge in [-0.15, -0.1) is 11.3 Å². The van der Waals surface area contributed by atoms with Crippen molar-refractivity contribution in [2.75, 3.05) is 0 Å². The third-order valence-electron chi connectivity index (χ3n) is 2.11. The Balaban J connectivity index is 2.80. The van der Waals surface area contributed by atoms with Crippen LogP contribution in [0.4, 0.5) is 0 Å². The Bertz CT molecular complexity index is 413. The number of nitrogens with zero attached hydrogens (tertiary/aromatic N) is 1. The molecule has 4 heteroatoms. The average Bonchev–Trinajstić information content (AvgIpc) is 2.55. The molecule has 0 atom stereocenters. The standard InChI is InChI=1S/C8H11N3S/c1-4-6(3-9)12-8-7(4)5(2)10-11-8/h3,9H2,1-2H3,(H,10,11). The molecule has 2 heterocycles. The van der Waals surface area contributed by atoms with E-state index in [2.05, 4.69) is 17.1 Å². The first-order chi connectivity index (χ1) is 5.74. The van der Waals surface area contributed by atoms with Gasteiger partial charge in [0, 0.05) is 22.5 Å². The number of aromatic nitrogens is 2. The second-order valence-electron chi connectivity index (χ2n) is 2.88. The van der Waals surface area contributed by atoms with Crippen molar-refractivity contribution in [2.24, 2.45) is 5.73 Å². The van der Waals surface area contributed by atoms with Crippen molar-refractivity contribution in [2.45, 2.75) is 20.4 Å². The minimum absolute atomic E-state index is 0.617. The van der Waals surface area contributed by atoms with Crippen molar-refractivity contribution in [1.29, 1.82) is 0 Å². The van der Waals surface area contributed by atoms with E-state index in [-0.39, 0.29) is 0 Å². The molecule has 0 radical (unpaired) electrons. The Morgan fingerprint density at radius 3 is 2.83 bits per heavy atom. The number of thiophene rings is 1. The number of hydrogen-bond donors (Lipinski definition) is 2. The van der Waals surface area contributed by atoms with Gasteiger partial charge in [-0.1, -0.05) is 0 Å². The summed E-state index contributed by atoms with van der Waals surface area (Å²) < 4.78 is 0. The Hall–Kier alpha value is -0.870. The number of fused-ring (bicyclic) bond motifs is 1. The zero-order valence-electron chi connectivity index (χ0n) is 7.14. The van der Waals surface area contributed by atoms with E-state index in [1.54, 1.807) is 11.3 Å². The summed E-state index contributed by atoms with van der Waals surface area (Å²) in [4.78, 5) is 2.31. The molecular weight excluding hydrogens is 170 g/mol. The quantitative estimate of drug-likeness (QED) is 0.703. The van der Waals surface area contributed by atoms with E-state index in [1.165, 1.54) is 15.8 Å². The molecule has 0 saturated carbocycles. The fourth-order valence-electron chi connectivity index (χ4n) is 1.45. The maximum Gasteiger partial charge on any atom is 0.146 e. The zero-order valence-corrected chi connectivity index (χ0v) is 7.96. The van der Waals surface area contributed by atoms with Crippen LogP contribution in [0.15, 0.2) is 0 Å². The average molecular weight is 181 g/mol. The number of hydrogen-bond acceptors (Lipinski definition) is 3. The first-order valence-electron chi connectivity index (χ1n) is 3.87. The fraction of sp³-hybridized carbons (Fsp3) is 0.375. The lowest BCUT2D eigenvalue weighted by atomic mass is 10.2. The molecule has 0 aliphatic heterocycles. The Kier molecular flexibility index (Phi) is 1.66. The molecule has 0 aliphatic rings. The van der Waals surface area contributed by atoms with Gasteiger partial charge in [-0.2, -0.15) is 5.10 Å². The number of aryl methyl sites for hydroxylation is 2. The van der Waals surface area contributed by atoms with Crippen molar-refractivity contribution < 1.29 is 0 Å². The van der Waals surface area contributed by atoms with Gasteiger partial charge in [0.05, 0.1) is 0 Å². The summed E-state index contributed by atoms with van der Waals surface area (Å²) in [5.74, 6) is 0. The van der Waals surface area contributed by atoms with Gasteiger partial charge in [-0.25, -0.2) is 0 Å². The van der Waals surface area contributed by atoms with Crippen LogP contribution in [0.25, 0.3) is 10.2 Å². The van der Waals surface area contributed by atoms with Crippen LogP contribution in [0.5, 0.6) is 0 Å². The van der Waals surface area contributed by atoms with Crippen LogP contribution in [0.1, 0.15) is 16.1 Å². The molecule has 0 amide bonds. The third kappa shape index (κ3) is 0.884. The maximum atomic E-state index is 5.60. The molecule has 0 aliphatic carbocycles. The second-order valence-corrected chi connectivity index (χ2v) is 3.97. The molecule has 3 N–H and O–H groups in total. The molecule has 2 aromatic rings. The van der Waals surface area contributed by atoms with Crippen LogP contribution < -0.4 is 5.73 Å². The van der Waals surface area contributed by atoms with E-state index in [0.29, 0.717) is 6.54 Å². The number of aromatic amines is 1. The summed E-state index contributed by atoms with van der Waals surface area (Å²) in [7, 11) is 0. The molecule has 64 valence electrons. The van der Waals surface area contributed by atoms with Crippen LogP contribution in [0, 0.1) is 13.8 Å². The van der Waals surface area contributed by atoms with E-state index >= 15 is 0 Å². The summed E-state index contributed by atoms with van der Waals surface area (Å²) in [6, 6.07) is 0. The third-order valence-corrected chi connectivity index (χ3v) is 3.32. The van der Waals surface area contributed by atoms with Crippen LogP contribution >= 0.6 is 11.3 Å². The van der Waals surface area contributed by atoms with Crippen LogP contribution in [-0.2, 0) is 6.54 Å². The van der Waals surface area contributed by atoms with Crippen LogP contribution in [0.3, 0.4) is 0 Å². The van der Waals surface area contributed by atoms with Gasteiger partial charge in [-0.05, 0) is 19.4 Å². The van der Waals surface area contributed by atoms with Crippen molar-refractivity contribution in [3.8, 4) is 0 Å². The van der Waals surface area contributed by atoms with E-state index in [9.17, 15) is 0 Å². The Morgan fingerprint density at radius 1 is 1.50 bits per heavy atom. The highest BCUT2D eigenvalue weighted by Crippen LogP contribution is 2.30. The SMILES string of the molecule is Cc1[nH]nc2sc(CN)c(C)c12. The highest BCUT2D eigenvalue weighted by molar-refractivity contribution is 7.18. The smallest absolute Gasteiger partial charge is 0.146 e. The first-order valence-corrected chi connectivity index (χ1v) is 4.68. The van der Waals surface area contributed by atoms with E-state index in [0.717, 1.165) is 10.5 Å². The molecule has 2 aromatic heterocycles. The lowest BCUT2D eigenvalue weighted by Gasteiger charge is -1.92. The lowest BCUT2D eigenvalue weighted by molar-refractivity contribution is 1.06. The topological polar surface area (TPSA) is 54.7 Å². The summed E-state index contributed by atoms with van der Waals surface area (Å²) in [5.41, 5.74) is 8.01. The minimum atomic E-state index is 0.617. The molecule has 0 bridgehead atoms. The normalized spacial score (nSPS) is 11.2. The Morgan fingerprint density at radius 2 is 2.25 bits per heavy atom. The highest BCUT2D eigenvalue weighted by atomic mass is 32.1. The molecule has 0 fully saturated rings. The molecule has 0 spiro atoms. The summed E-state index contributed by atoms with van der Waals surface area (Å²) in [6.45, 7) is 4.76. The molecule has 3 nitrogen and oxygen atoms in total. The number of H-pyrrole nitrogens is 1. The van der Waals surface area contributed by atoms with E-state index in [4.69, 9.17) is 5.73 Å². The summed E-state index contributed by atoms with van der Waals surface area (Å²) in [5, 5.41) is 8.40. The fourth-order valence-corrected chi connectivity index (χ4v) is 2.52. The predicted molar refractivity (Wildman–Crippen MR) is 51.3 cm³/mol. The van der Waals surface area contributed by atoms with Gasteiger partial charge in [0.25, 0.3) is 0 Å². The molecule has 0 saturated heterocycles. The number of rotatable bonds is 1. The van der Waals surface area contributed by atoms with Crippen molar-refractivity contribution in [3.05, 3.63) is 16.1 Å². The van der Waals surface area contributed by atoms with Gasteiger partial charge in [-0.3, -0.25) is 5.10 Å². The van der Waals surface area contributed by atoms with Gasteiger partial charge in [0.2, 0.25) is 0 Å². The second kappa shape index (κ2) is 2.57. The zero-order chi connectivity index (χ0) is 8.72. The van der Waals surface area contributed by atoms with Crippen molar-refractivity contribution in [3.63, 3.8) is 0 Å². The molecule has 0 aromatic carbocycles. The summed E-state index contributed by atoms with van der Waals surface area (Å²) in [6.07, 6.45) is 0. The summed E-state index contributed by atoms with van der Waals surface area (Å²) >= 11 is 1.68. The van der Waals surface area contributed by atoms with Gasteiger partial charge >= 0.3 is 0 Å². The van der Waals surface area contributed by atoms with Crippen LogP contribution in [0.2, 0.25) is 0 Å². The van der Waals surface area contributed by atoms with E-state index in [1.807, 2.05) is 6.92 Å². The largest absolute Gasteiger partial charge is 0.326 e. The lowest BCUT2D eigenvalue weighted by Crippen LogP contribution is -1.94. The van der Waals surface area contributed by atoms with Crippen LogP contribution in [-0.4, -0.2) is 10.2 Å². The number of nitrogens with two attached hydrogens (primary N) is 1. The van der Waals surface area contributed by atoms with Gasteiger partial charge in [0.1, 0.15) is 4.83 Å². The van der Waals surface area contributed by atoms with Crippen molar-refractivity contribution in [1.82, 2.24) is 10.2 Å². The minimum Gasteiger partial charge on any atom is -0.326 e. The van der Waals surface area contributed by atoms with E-state index < -0.39 is 0 Å². The molecule has 0 unspecified atom stereocenters. The monoisotopic (exact) mass is 181 g/mol. The first kappa shape index (κ1) is 7.76. The predicted octanol–water partition coefficient (Wildman–Crippen LogP) is 1.70. The molecular formula is C8H11N3S. The maximum absolute atomic E-state index is 5.60. The van der Waals surface area contributed by atoms with Crippen molar-refractivity contribution >= 4 is 21.6 Å². The number of nitrogens with one attached hydrogen (secondary N) is 1. The molecule has 12 heavy (non-hydrogen) atoms.